The molecule has 0 amide bonds. The van der Waals surface area contributed by atoms with Gasteiger partial charge in [-0.05, 0) is 185 Å². The molecule has 1 unspecified atom stereocenters. The zero-order chi connectivity index (χ0) is 57.3. The predicted molar refractivity (Wildman–Crippen MR) is 362 cm³/mol. The van der Waals surface area contributed by atoms with E-state index in [1.54, 1.807) is 0 Å². The molecule has 0 bridgehead atoms. The number of anilines is 6. The highest BCUT2D eigenvalue weighted by atomic mass is 15.2. The van der Waals surface area contributed by atoms with E-state index in [1.807, 2.05) is 0 Å². The van der Waals surface area contributed by atoms with Gasteiger partial charge in [0.2, 0.25) is 0 Å². The first kappa shape index (κ1) is 48.8. The van der Waals surface area contributed by atoms with Crippen LogP contribution < -0.4 is 9.80 Å². The lowest BCUT2D eigenvalue weighted by Crippen LogP contribution is -2.27. The third kappa shape index (κ3) is 6.24. The van der Waals surface area contributed by atoms with E-state index in [2.05, 4.69) is 315 Å². The number of hydrogen-bond acceptors (Lipinski definition) is 2. The topological polar surface area (TPSA) is 6.48 Å². The summed E-state index contributed by atoms with van der Waals surface area (Å²) in [7, 11) is 0. The second-order valence-corrected chi connectivity index (χ2v) is 25.2. The van der Waals surface area contributed by atoms with Crippen LogP contribution in [0.15, 0.2) is 297 Å². The minimum Gasteiger partial charge on any atom is -0.309 e. The highest BCUT2D eigenvalue weighted by molar-refractivity contribution is 6.24. The summed E-state index contributed by atoms with van der Waals surface area (Å²) in [4.78, 5) is 5.21. The van der Waals surface area contributed by atoms with E-state index in [4.69, 9.17) is 0 Å². The molecule has 6 aliphatic rings. The Morgan fingerprint density at radius 2 is 0.655 bits per heavy atom. The van der Waals surface area contributed by atoms with Gasteiger partial charge >= 0.3 is 0 Å². The zero-order valence-corrected chi connectivity index (χ0v) is 48.5. The van der Waals surface area contributed by atoms with Crippen LogP contribution in [0.5, 0.6) is 0 Å². The summed E-state index contributed by atoms with van der Waals surface area (Å²) < 4.78 is 0. The summed E-state index contributed by atoms with van der Waals surface area (Å²) in [6.45, 7) is 4.85. The van der Waals surface area contributed by atoms with E-state index in [-0.39, 0.29) is 5.41 Å². The lowest BCUT2D eigenvalue weighted by Gasteiger charge is -2.35. The van der Waals surface area contributed by atoms with Gasteiger partial charge in [0.1, 0.15) is 0 Å². The van der Waals surface area contributed by atoms with Crippen molar-refractivity contribution in [3.8, 4) is 44.5 Å². The molecule has 6 aliphatic carbocycles. The first-order chi connectivity index (χ1) is 43.0. The monoisotopic (exact) mass is 1110 g/mol. The maximum atomic E-state index is 2.61. The Hall–Kier alpha value is -10.5. The van der Waals surface area contributed by atoms with Crippen molar-refractivity contribution in [2.24, 2.45) is 0 Å². The van der Waals surface area contributed by atoms with Crippen molar-refractivity contribution in [2.75, 3.05) is 9.80 Å². The van der Waals surface area contributed by atoms with E-state index >= 15 is 0 Å². The highest BCUT2D eigenvalue weighted by Gasteiger charge is 2.54. The van der Waals surface area contributed by atoms with Crippen LogP contribution in [-0.4, -0.2) is 0 Å². The minimum atomic E-state index is -0.514. The molecule has 1 atom stereocenters. The second-order valence-electron chi connectivity index (χ2n) is 25.2. The molecule has 0 fully saturated rings. The van der Waals surface area contributed by atoms with Crippen LogP contribution in [-0.2, 0) is 16.2 Å². The minimum absolute atomic E-state index is 0.266. The number of nitrogens with zero attached hydrogens (tertiary/aromatic N) is 2. The van der Waals surface area contributed by atoms with Gasteiger partial charge in [0.05, 0.1) is 22.2 Å². The van der Waals surface area contributed by atoms with Crippen LogP contribution in [0.2, 0.25) is 0 Å². The van der Waals surface area contributed by atoms with Gasteiger partial charge in [0, 0.05) is 49.7 Å². The van der Waals surface area contributed by atoms with E-state index < -0.39 is 10.8 Å². The first-order valence-corrected chi connectivity index (χ1v) is 31.0. The lowest BCUT2D eigenvalue weighted by atomic mass is 9.69. The van der Waals surface area contributed by atoms with Gasteiger partial charge in [-0.25, -0.2) is 0 Å². The van der Waals surface area contributed by atoms with E-state index in [1.165, 1.54) is 133 Å². The average molecular weight is 1110 g/mol. The fourth-order valence-electron chi connectivity index (χ4n) is 17.5. The van der Waals surface area contributed by atoms with E-state index in [0.29, 0.717) is 0 Å². The Balaban J connectivity index is 0.920. The number of para-hydroxylation sites is 2. The smallest absolute Gasteiger partial charge is 0.0726 e. The van der Waals surface area contributed by atoms with Gasteiger partial charge in [0.15, 0.2) is 0 Å². The number of benzene rings is 13. The molecule has 0 saturated heterocycles. The Kier molecular flexibility index (Phi) is 9.96. The van der Waals surface area contributed by atoms with Crippen LogP contribution in [0.25, 0.3) is 71.6 Å². The molecule has 2 nitrogen and oxygen atoms in total. The van der Waals surface area contributed by atoms with Gasteiger partial charge in [-0.2, -0.15) is 0 Å². The SMILES string of the molecule is CC1(C)c2ccccc2-c2cc3c(N(c4ccccc4)c4ccc5c(c4)C4(c6ccccc6-c6ccccc64)c4ccccc4-5)c4ccccc4c(N(c4ccccc4)c4ccc5c(c4)C4(C6=C(CCC=C6)c6ccccc64)c4ccccc4-5)c3cc21. The molecular weight excluding hydrogens is 1050 g/mol. The Bertz CT molecular complexity index is 5150. The molecule has 13 aromatic carbocycles. The fourth-order valence-corrected chi connectivity index (χ4v) is 17.5. The number of allylic oxidation sites excluding steroid dienone is 4. The maximum absolute atomic E-state index is 2.61. The van der Waals surface area contributed by atoms with Gasteiger partial charge < -0.3 is 9.80 Å². The molecule has 0 N–H and O–H groups in total. The lowest BCUT2D eigenvalue weighted by molar-refractivity contribution is 0.661. The van der Waals surface area contributed by atoms with Gasteiger partial charge in [-0.3, -0.25) is 0 Å². The number of hydrogen-bond donors (Lipinski definition) is 0. The van der Waals surface area contributed by atoms with Crippen molar-refractivity contribution < 1.29 is 0 Å². The van der Waals surface area contributed by atoms with Gasteiger partial charge in [-0.15, -0.1) is 0 Å². The molecule has 0 aliphatic heterocycles. The molecule has 0 radical (unpaired) electrons. The fraction of sp³-hybridized carbons (Fsp3) is 0.0824. The van der Waals surface area contributed by atoms with Crippen molar-refractivity contribution >= 4 is 61.2 Å². The summed E-state index contributed by atoms with van der Waals surface area (Å²) in [6.07, 6.45) is 6.97. The summed E-state index contributed by atoms with van der Waals surface area (Å²) in [5.41, 5.74) is 32.3. The van der Waals surface area contributed by atoms with Crippen LogP contribution >= 0.6 is 0 Å². The number of fused-ring (bicyclic) bond motifs is 24. The third-order valence-corrected chi connectivity index (χ3v) is 20.9. The normalized spacial score (nSPS) is 16.7. The molecule has 13 aromatic rings. The predicted octanol–water partition coefficient (Wildman–Crippen LogP) is 22.0. The van der Waals surface area contributed by atoms with Crippen LogP contribution in [0.3, 0.4) is 0 Å². The summed E-state index contributed by atoms with van der Waals surface area (Å²) in [5.74, 6) is 0. The molecule has 408 valence electrons. The third-order valence-electron chi connectivity index (χ3n) is 20.9. The molecule has 2 heteroatoms. The quantitative estimate of drug-likeness (QED) is 0.121. The van der Waals surface area contributed by atoms with Gasteiger partial charge in [0.25, 0.3) is 0 Å². The Morgan fingerprint density at radius 1 is 0.276 bits per heavy atom. The summed E-state index contributed by atoms with van der Waals surface area (Å²) in [6, 6.07) is 107. The Labute approximate surface area is 507 Å². The zero-order valence-electron chi connectivity index (χ0n) is 48.5. The molecule has 87 heavy (non-hydrogen) atoms. The van der Waals surface area contributed by atoms with Crippen molar-refractivity contribution in [3.63, 3.8) is 0 Å². The molecule has 0 heterocycles. The van der Waals surface area contributed by atoms with Crippen LogP contribution in [0.1, 0.15) is 82.3 Å². The molecule has 2 spiro atoms. The average Bonchev–Trinajstić information content (AvgIpc) is 1.57. The van der Waals surface area contributed by atoms with E-state index in [0.717, 1.165) is 47.0 Å². The van der Waals surface area contributed by atoms with Gasteiger partial charge in [-0.1, -0.05) is 244 Å². The molecule has 19 rings (SSSR count). The number of rotatable bonds is 6. The van der Waals surface area contributed by atoms with E-state index in [9.17, 15) is 0 Å². The maximum Gasteiger partial charge on any atom is 0.0726 e. The van der Waals surface area contributed by atoms with Crippen molar-refractivity contribution in [3.05, 3.63) is 352 Å². The first-order valence-electron chi connectivity index (χ1n) is 31.0. The highest BCUT2D eigenvalue weighted by Crippen LogP contribution is 2.67. The second kappa shape index (κ2) is 17.8. The van der Waals surface area contributed by atoms with Crippen LogP contribution in [0, 0.1) is 0 Å². The largest absolute Gasteiger partial charge is 0.309 e. The summed E-state index contributed by atoms with van der Waals surface area (Å²) >= 11 is 0. The van der Waals surface area contributed by atoms with Crippen molar-refractivity contribution in [1.29, 1.82) is 0 Å². The summed E-state index contributed by atoms with van der Waals surface area (Å²) in [5, 5.41) is 4.72. The van der Waals surface area contributed by atoms with Crippen molar-refractivity contribution in [1.82, 2.24) is 0 Å². The van der Waals surface area contributed by atoms with Crippen LogP contribution in [0.4, 0.5) is 34.1 Å². The molecule has 0 saturated carbocycles. The standard InChI is InChI=1S/C85H58N2/c1-83(2)71-38-18-11-35-63(71)68-51-69-70(52-78(68)83)82(87(54-27-7-4-8-28-54)56-46-48-65-62-34-17-24-44-77(62)85(80(65)50-56)74-41-21-14-31-59(74)60-32-15-22-42-75(60)85)67-37-10-9-36-66(67)81(69)86(53-25-5-3-6-26-53)55-45-47-64-61-33-16-23-43-76(61)84(79(64)49-55)72-39-19-12-29-57(72)58-30-13-20-40-73(58)84/h3-14,16-31,33-52H,15,32H2,1-2H3. The van der Waals surface area contributed by atoms with Crippen molar-refractivity contribution in [2.45, 2.75) is 42.9 Å². The Morgan fingerprint density at radius 3 is 1.16 bits per heavy atom. The molecule has 0 aromatic heterocycles. The molecular formula is C85H58N2.